The number of anilines is 3. The molecule has 0 atom stereocenters. The van der Waals surface area contributed by atoms with Crippen molar-refractivity contribution in [3.63, 3.8) is 0 Å². The Labute approximate surface area is 200 Å². The summed E-state index contributed by atoms with van der Waals surface area (Å²) >= 11 is 0. The van der Waals surface area contributed by atoms with Crippen molar-refractivity contribution in [2.75, 3.05) is 43.4 Å². The smallest absolute Gasteiger partial charge is 0.270 e. The van der Waals surface area contributed by atoms with E-state index < -0.39 is 5.82 Å². The van der Waals surface area contributed by atoms with Crippen LogP contribution in [0, 0.1) is 5.82 Å². The SMILES string of the molecule is CN1CCN(c2ccc(Nc3ncc4c(=O)n(-c5cccc(F)c5)c5nccn5c4n3)cc2)CC1. The minimum atomic E-state index is -0.436. The maximum absolute atomic E-state index is 13.9. The third-order valence-corrected chi connectivity index (χ3v) is 6.31. The molecule has 2 aromatic carbocycles. The molecule has 0 bridgehead atoms. The third-order valence-electron chi connectivity index (χ3n) is 6.31. The van der Waals surface area contributed by atoms with E-state index in [1.807, 2.05) is 12.1 Å². The minimum absolute atomic E-state index is 0.302. The van der Waals surface area contributed by atoms with Gasteiger partial charge in [0.1, 0.15) is 11.2 Å². The molecule has 10 heteroatoms. The number of fused-ring (bicyclic) bond motifs is 3. The van der Waals surface area contributed by atoms with E-state index in [0.29, 0.717) is 28.4 Å². The zero-order valence-electron chi connectivity index (χ0n) is 19.1. The average molecular weight is 471 g/mol. The molecule has 0 saturated carbocycles. The molecule has 0 spiro atoms. The Morgan fingerprint density at radius 1 is 0.971 bits per heavy atom. The van der Waals surface area contributed by atoms with Crippen molar-refractivity contribution in [1.29, 1.82) is 0 Å². The molecular formula is C25H23FN8O. The number of hydrogen-bond donors (Lipinski definition) is 1. The molecule has 6 rings (SSSR count). The van der Waals surface area contributed by atoms with Crippen LogP contribution < -0.4 is 15.8 Å². The Morgan fingerprint density at radius 2 is 1.77 bits per heavy atom. The van der Waals surface area contributed by atoms with Crippen molar-refractivity contribution in [3.05, 3.63) is 83.3 Å². The molecule has 1 saturated heterocycles. The van der Waals surface area contributed by atoms with Gasteiger partial charge < -0.3 is 15.1 Å². The standard InChI is InChI=1S/C25H23FN8O/c1-31-11-13-32(14-12-31)19-7-5-18(6-8-19)29-24-28-16-21-22(30-24)33-10-9-27-25(33)34(23(21)35)20-4-2-3-17(26)15-20/h2-10,15-16H,11-14H2,1H3,(H,28,29,30). The number of rotatable bonds is 4. The normalized spacial score (nSPS) is 14.6. The van der Waals surface area contributed by atoms with E-state index in [1.54, 1.807) is 28.9 Å². The third kappa shape index (κ3) is 3.87. The number of likely N-dealkylation sites (N-methyl/N-ethyl adjacent to an activating group) is 1. The van der Waals surface area contributed by atoms with Crippen molar-refractivity contribution >= 4 is 34.1 Å². The second-order valence-electron chi connectivity index (χ2n) is 8.61. The summed E-state index contributed by atoms with van der Waals surface area (Å²) in [5, 5.41) is 3.52. The van der Waals surface area contributed by atoms with Crippen molar-refractivity contribution in [2.24, 2.45) is 0 Å². The molecule has 1 aliphatic rings. The molecular weight excluding hydrogens is 447 g/mol. The van der Waals surface area contributed by atoms with Gasteiger partial charge in [0.2, 0.25) is 11.7 Å². The summed E-state index contributed by atoms with van der Waals surface area (Å²) in [7, 11) is 2.14. The molecule has 0 radical (unpaired) electrons. The number of halogens is 1. The Hall–Kier alpha value is -4.31. The number of benzene rings is 2. The largest absolute Gasteiger partial charge is 0.369 e. The molecule has 5 aromatic rings. The lowest BCUT2D eigenvalue weighted by atomic mass is 10.2. The van der Waals surface area contributed by atoms with Crippen molar-refractivity contribution in [1.82, 2.24) is 28.8 Å². The number of piperazine rings is 1. The molecule has 1 aliphatic heterocycles. The van der Waals surface area contributed by atoms with Gasteiger partial charge in [-0.25, -0.2) is 18.9 Å². The molecule has 176 valence electrons. The van der Waals surface area contributed by atoms with Crippen LogP contribution in [0.25, 0.3) is 22.5 Å². The van der Waals surface area contributed by atoms with E-state index in [2.05, 4.69) is 49.2 Å². The Balaban J connectivity index is 1.34. The zero-order chi connectivity index (χ0) is 23.9. The second kappa shape index (κ2) is 8.48. The fraction of sp³-hybridized carbons (Fsp3) is 0.200. The Morgan fingerprint density at radius 3 is 2.54 bits per heavy atom. The highest BCUT2D eigenvalue weighted by Gasteiger charge is 2.17. The van der Waals surface area contributed by atoms with Gasteiger partial charge in [0.15, 0.2) is 5.65 Å². The zero-order valence-corrected chi connectivity index (χ0v) is 19.1. The van der Waals surface area contributed by atoms with Gasteiger partial charge >= 0.3 is 0 Å². The van der Waals surface area contributed by atoms with Gasteiger partial charge in [-0.3, -0.25) is 9.20 Å². The second-order valence-corrected chi connectivity index (χ2v) is 8.61. The Kier molecular flexibility index (Phi) is 5.14. The molecule has 9 nitrogen and oxygen atoms in total. The maximum Gasteiger partial charge on any atom is 0.270 e. The first-order valence-electron chi connectivity index (χ1n) is 11.4. The quantitative estimate of drug-likeness (QED) is 0.432. The van der Waals surface area contributed by atoms with Crippen LogP contribution in [0.3, 0.4) is 0 Å². The van der Waals surface area contributed by atoms with Crippen LogP contribution in [0.5, 0.6) is 0 Å². The van der Waals surface area contributed by atoms with Crippen LogP contribution in [0.2, 0.25) is 0 Å². The van der Waals surface area contributed by atoms with Gasteiger partial charge in [-0.1, -0.05) is 6.07 Å². The summed E-state index contributed by atoms with van der Waals surface area (Å²) in [6.07, 6.45) is 4.78. The highest BCUT2D eigenvalue weighted by atomic mass is 19.1. The number of imidazole rings is 1. The fourth-order valence-electron chi connectivity index (χ4n) is 4.40. The van der Waals surface area contributed by atoms with Gasteiger partial charge in [-0.05, 0) is 49.5 Å². The summed E-state index contributed by atoms with van der Waals surface area (Å²) < 4.78 is 16.9. The first kappa shape index (κ1) is 21.2. The van der Waals surface area contributed by atoms with Gasteiger partial charge in [0, 0.05) is 56.1 Å². The molecule has 0 unspecified atom stereocenters. The summed E-state index contributed by atoms with van der Waals surface area (Å²) in [5.74, 6) is 0.269. The van der Waals surface area contributed by atoms with E-state index in [1.165, 1.54) is 28.6 Å². The monoisotopic (exact) mass is 470 g/mol. The predicted molar refractivity (Wildman–Crippen MR) is 133 cm³/mol. The predicted octanol–water partition coefficient (Wildman–Crippen LogP) is 3.06. The highest BCUT2D eigenvalue weighted by Crippen LogP contribution is 2.22. The van der Waals surface area contributed by atoms with Crippen LogP contribution in [0.4, 0.5) is 21.7 Å². The van der Waals surface area contributed by atoms with Gasteiger partial charge in [0.25, 0.3) is 5.56 Å². The summed E-state index contributed by atoms with van der Waals surface area (Å²) in [6, 6.07) is 14.0. The first-order chi connectivity index (χ1) is 17.1. The van der Waals surface area contributed by atoms with Crippen LogP contribution >= 0.6 is 0 Å². The number of nitrogens with zero attached hydrogens (tertiary/aromatic N) is 7. The molecule has 3 aromatic heterocycles. The number of hydrogen-bond acceptors (Lipinski definition) is 7. The summed E-state index contributed by atoms with van der Waals surface area (Å²) in [6.45, 7) is 4.11. The van der Waals surface area contributed by atoms with Crippen molar-refractivity contribution < 1.29 is 4.39 Å². The van der Waals surface area contributed by atoms with Crippen LogP contribution in [0.1, 0.15) is 0 Å². The fourth-order valence-corrected chi connectivity index (χ4v) is 4.40. The number of nitrogens with one attached hydrogen (secondary N) is 1. The maximum atomic E-state index is 13.9. The molecule has 1 N–H and O–H groups in total. The lowest BCUT2D eigenvalue weighted by Gasteiger charge is -2.34. The van der Waals surface area contributed by atoms with E-state index in [4.69, 9.17) is 0 Å². The summed E-state index contributed by atoms with van der Waals surface area (Å²) in [4.78, 5) is 31.3. The van der Waals surface area contributed by atoms with Crippen molar-refractivity contribution in [2.45, 2.75) is 0 Å². The van der Waals surface area contributed by atoms with E-state index in [9.17, 15) is 9.18 Å². The van der Waals surface area contributed by atoms with Crippen LogP contribution in [0.15, 0.2) is 71.9 Å². The molecule has 0 amide bonds. The van der Waals surface area contributed by atoms with Crippen LogP contribution in [-0.2, 0) is 0 Å². The lowest BCUT2D eigenvalue weighted by molar-refractivity contribution is 0.313. The first-order valence-corrected chi connectivity index (χ1v) is 11.4. The van der Waals surface area contributed by atoms with Crippen molar-refractivity contribution in [3.8, 4) is 5.69 Å². The molecule has 4 heterocycles. The van der Waals surface area contributed by atoms with E-state index >= 15 is 0 Å². The topological polar surface area (TPSA) is 83.6 Å². The number of aromatic nitrogens is 5. The molecule has 1 fully saturated rings. The molecule has 35 heavy (non-hydrogen) atoms. The lowest BCUT2D eigenvalue weighted by Crippen LogP contribution is -2.44. The van der Waals surface area contributed by atoms with Gasteiger partial charge in [-0.2, -0.15) is 4.98 Å². The van der Waals surface area contributed by atoms with Gasteiger partial charge in [0.05, 0.1) is 5.69 Å². The Bertz CT molecular complexity index is 1590. The van der Waals surface area contributed by atoms with Crippen LogP contribution in [-0.4, -0.2) is 62.0 Å². The van der Waals surface area contributed by atoms with E-state index in [-0.39, 0.29) is 5.56 Å². The highest BCUT2D eigenvalue weighted by molar-refractivity contribution is 5.78. The minimum Gasteiger partial charge on any atom is -0.369 e. The molecule has 0 aliphatic carbocycles. The van der Waals surface area contributed by atoms with Gasteiger partial charge in [-0.15, -0.1) is 0 Å². The summed E-state index contributed by atoms with van der Waals surface area (Å²) in [5.41, 5.74) is 2.46. The average Bonchev–Trinajstić information content (AvgIpc) is 3.35. The van der Waals surface area contributed by atoms with E-state index in [0.717, 1.165) is 31.9 Å².